The van der Waals surface area contributed by atoms with E-state index in [0.717, 1.165) is 0 Å². The van der Waals surface area contributed by atoms with E-state index in [4.69, 9.17) is 10.2 Å². The van der Waals surface area contributed by atoms with Gasteiger partial charge in [0, 0.05) is 33.4 Å². The first-order chi connectivity index (χ1) is 8.27. The molecule has 0 saturated heterocycles. The second-order valence-electron chi connectivity index (χ2n) is 4.02. The van der Waals surface area contributed by atoms with Crippen LogP contribution < -0.4 is 5.14 Å². The number of amides is 1. The molecule has 1 heterocycles. The third-order valence-electron chi connectivity index (χ3n) is 2.53. The van der Waals surface area contributed by atoms with Crippen molar-refractivity contribution in [2.24, 2.45) is 12.2 Å². The maximum atomic E-state index is 12.0. The van der Waals surface area contributed by atoms with Crippen molar-refractivity contribution in [2.75, 3.05) is 20.2 Å². The summed E-state index contributed by atoms with van der Waals surface area (Å²) in [4.78, 5) is 13.3. The summed E-state index contributed by atoms with van der Waals surface area (Å²) in [5.41, 5.74) is 0.236. The average Bonchev–Trinajstić information content (AvgIpc) is 2.66. The summed E-state index contributed by atoms with van der Waals surface area (Å²) in [7, 11) is -0.656. The van der Waals surface area contributed by atoms with Crippen LogP contribution in [0.4, 0.5) is 0 Å². The molecule has 102 valence electrons. The quantitative estimate of drug-likeness (QED) is 0.728. The molecule has 7 nitrogen and oxygen atoms in total. The van der Waals surface area contributed by atoms with Crippen molar-refractivity contribution in [3.05, 3.63) is 18.0 Å². The monoisotopic (exact) mass is 275 g/mol. The fourth-order valence-corrected chi connectivity index (χ4v) is 2.09. The van der Waals surface area contributed by atoms with Crippen LogP contribution in [0.1, 0.15) is 16.9 Å². The molecule has 0 aliphatic heterocycles. The van der Waals surface area contributed by atoms with Crippen LogP contribution in [0.5, 0.6) is 0 Å². The van der Waals surface area contributed by atoms with Crippen molar-refractivity contribution in [3.8, 4) is 0 Å². The van der Waals surface area contributed by atoms with Gasteiger partial charge in [-0.15, -0.1) is 0 Å². The molecule has 3 N–H and O–H groups in total. The standard InChI is InChI=1S/C10H17N3O4S/c1-12(4-3-5-14)10(15)9-6-8(7-13(9)2)18(11,16)17/h6-7,14H,3-5H2,1-2H3,(H2,11,16,17). The van der Waals surface area contributed by atoms with Crippen molar-refractivity contribution in [2.45, 2.75) is 11.3 Å². The summed E-state index contributed by atoms with van der Waals surface area (Å²) in [5.74, 6) is -0.319. The average molecular weight is 275 g/mol. The number of nitrogens with zero attached hydrogens (tertiary/aromatic N) is 2. The topological polar surface area (TPSA) is 106 Å². The number of nitrogens with two attached hydrogens (primary N) is 1. The van der Waals surface area contributed by atoms with Gasteiger partial charge in [0.25, 0.3) is 5.91 Å². The number of primary sulfonamides is 1. The minimum absolute atomic E-state index is 0.00676. The largest absolute Gasteiger partial charge is 0.396 e. The van der Waals surface area contributed by atoms with Crippen molar-refractivity contribution < 1.29 is 18.3 Å². The van der Waals surface area contributed by atoms with E-state index in [1.807, 2.05) is 0 Å². The van der Waals surface area contributed by atoms with Gasteiger partial charge in [-0.3, -0.25) is 4.79 Å². The van der Waals surface area contributed by atoms with Gasteiger partial charge in [0.2, 0.25) is 10.0 Å². The highest BCUT2D eigenvalue weighted by Gasteiger charge is 2.19. The van der Waals surface area contributed by atoms with Gasteiger partial charge in [-0.2, -0.15) is 0 Å². The number of aliphatic hydroxyl groups excluding tert-OH is 1. The Labute approximate surface area is 106 Å². The second kappa shape index (κ2) is 5.51. The fourth-order valence-electron chi connectivity index (χ4n) is 1.51. The number of aliphatic hydroxyl groups is 1. The van der Waals surface area contributed by atoms with Gasteiger partial charge in [0.15, 0.2) is 0 Å². The van der Waals surface area contributed by atoms with E-state index in [2.05, 4.69) is 0 Å². The highest BCUT2D eigenvalue weighted by atomic mass is 32.2. The molecule has 1 amide bonds. The summed E-state index contributed by atoms with van der Waals surface area (Å²) in [6, 6.07) is 1.24. The first-order valence-corrected chi connectivity index (χ1v) is 6.87. The molecule has 0 atom stereocenters. The number of rotatable bonds is 5. The first-order valence-electron chi connectivity index (χ1n) is 5.33. The van der Waals surface area contributed by atoms with E-state index < -0.39 is 10.0 Å². The molecule has 1 aromatic heterocycles. The highest BCUT2D eigenvalue weighted by Crippen LogP contribution is 2.13. The SMILES string of the molecule is CN(CCCO)C(=O)c1cc(S(N)(=O)=O)cn1C. The number of carbonyl (C=O) groups excluding carboxylic acids is 1. The Morgan fingerprint density at radius 2 is 2.17 bits per heavy atom. The first kappa shape index (κ1) is 14.7. The van der Waals surface area contributed by atoms with E-state index in [1.54, 1.807) is 14.1 Å². The zero-order valence-electron chi connectivity index (χ0n) is 10.3. The molecule has 0 unspecified atom stereocenters. The molecule has 18 heavy (non-hydrogen) atoms. The Kier molecular flexibility index (Phi) is 4.49. The van der Waals surface area contributed by atoms with Crippen LogP contribution in [0.3, 0.4) is 0 Å². The zero-order chi connectivity index (χ0) is 13.9. The molecular formula is C10H17N3O4S. The van der Waals surface area contributed by atoms with E-state index in [9.17, 15) is 13.2 Å². The van der Waals surface area contributed by atoms with Crippen LogP contribution in [-0.4, -0.2) is 49.1 Å². The van der Waals surface area contributed by atoms with Crippen LogP contribution in [-0.2, 0) is 17.1 Å². The van der Waals surface area contributed by atoms with Gasteiger partial charge in [-0.1, -0.05) is 0 Å². The van der Waals surface area contributed by atoms with Gasteiger partial charge in [-0.25, -0.2) is 13.6 Å². The molecule has 0 aromatic carbocycles. The van der Waals surface area contributed by atoms with E-state index >= 15 is 0 Å². The Morgan fingerprint density at radius 3 is 2.61 bits per heavy atom. The van der Waals surface area contributed by atoms with Crippen LogP contribution in [0.25, 0.3) is 0 Å². The van der Waals surface area contributed by atoms with Crippen molar-refractivity contribution >= 4 is 15.9 Å². The predicted molar refractivity (Wildman–Crippen MR) is 65.4 cm³/mol. The third-order valence-corrected chi connectivity index (χ3v) is 3.41. The molecule has 8 heteroatoms. The summed E-state index contributed by atoms with van der Waals surface area (Å²) >= 11 is 0. The Hall–Kier alpha value is -1.38. The Bertz CT molecular complexity index is 535. The smallest absolute Gasteiger partial charge is 0.270 e. The van der Waals surface area contributed by atoms with Gasteiger partial charge in [-0.05, 0) is 12.5 Å². The van der Waals surface area contributed by atoms with Crippen molar-refractivity contribution in [1.29, 1.82) is 0 Å². The fraction of sp³-hybridized carbons (Fsp3) is 0.500. The van der Waals surface area contributed by atoms with E-state index in [0.29, 0.717) is 13.0 Å². The van der Waals surface area contributed by atoms with Crippen molar-refractivity contribution in [3.63, 3.8) is 0 Å². The number of hydrogen-bond acceptors (Lipinski definition) is 4. The molecule has 0 spiro atoms. The lowest BCUT2D eigenvalue weighted by atomic mass is 10.3. The van der Waals surface area contributed by atoms with Gasteiger partial charge in [0.1, 0.15) is 10.6 Å². The molecule has 0 aliphatic rings. The normalized spacial score (nSPS) is 11.6. The third kappa shape index (κ3) is 3.31. The highest BCUT2D eigenvalue weighted by molar-refractivity contribution is 7.89. The molecule has 0 saturated carbocycles. The molecule has 0 bridgehead atoms. The van der Waals surface area contributed by atoms with Crippen LogP contribution in [0, 0.1) is 0 Å². The van der Waals surface area contributed by atoms with Gasteiger partial charge < -0.3 is 14.6 Å². The maximum absolute atomic E-state index is 12.0. The zero-order valence-corrected chi connectivity index (χ0v) is 11.1. The lowest BCUT2D eigenvalue weighted by molar-refractivity contribution is 0.0777. The van der Waals surface area contributed by atoms with Crippen LogP contribution in [0.2, 0.25) is 0 Å². The molecule has 1 aromatic rings. The summed E-state index contributed by atoms with van der Waals surface area (Å²) < 4.78 is 23.8. The summed E-state index contributed by atoms with van der Waals surface area (Å²) in [6.07, 6.45) is 1.76. The minimum Gasteiger partial charge on any atom is -0.396 e. The van der Waals surface area contributed by atoms with E-state index in [1.165, 1.54) is 21.7 Å². The number of sulfonamides is 1. The lowest BCUT2D eigenvalue weighted by Gasteiger charge is -2.16. The van der Waals surface area contributed by atoms with Gasteiger partial charge >= 0.3 is 0 Å². The second-order valence-corrected chi connectivity index (χ2v) is 5.58. The maximum Gasteiger partial charge on any atom is 0.270 e. The van der Waals surface area contributed by atoms with Crippen molar-refractivity contribution in [1.82, 2.24) is 9.47 Å². The number of hydrogen-bond donors (Lipinski definition) is 2. The Balaban J connectivity index is 2.97. The molecule has 0 radical (unpaired) electrons. The number of aromatic nitrogens is 1. The number of carbonyl (C=O) groups is 1. The molecule has 1 rings (SSSR count). The van der Waals surface area contributed by atoms with Gasteiger partial charge in [0.05, 0.1) is 0 Å². The van der Waals surface area contributed by atoms with E-state index in [-0.39, 0.29) is 23.1 Å². The number of aryl methyl sites for hydroxylation is 1. The molecular weight excluding hydrogens is 258 g/mol. The predicted octanol–water partition coefficient (Wildman–Crippen LogP) is -0.873. The Morgan fingerprint density at radius 1 is 1.56 bits per heavy atom. The molecule has 0 fully saturated rings. The molecule has 0 aliphatic carbocycles. The van der Waals surface area contributed by atoms with Crippen LogP contribution >= 0.6 is 0 Å². The lowest BCUT2D eigenvalue weighted by Crippen LogP contribution is -2.29. The van der Waals surface area contributed by atoms with Crippen LogP contribution in [0.15, 0.2) is 17.2 Å². The summed E-state index contributed by atoms with van der Waals surface area (Å²) in [6.45, 7) is 0.387. The minimum atomic E-state index is -3.81. The summed E-state index contributed by atoms with van der Waals surface area (Å²) in [5, 5.41) is 13.7.